The SMILES string of the molecule is O=C(O)c1ccc(-c2ccc(O)cc2)nc1. The first-order chi connectivity index (χ1) is 7.66. The van der Waals surface area contributed by atoms with Crippen LogP contribution in [-0.4, -0.2) is 21.2 Å². The summed E-state index contributed by atoms with van der Waals surface area (Å²) in [6.45, 7) is 0. The number of benzene rings is 1. The molecule has 1 heterocycles. The third-order valence-electron chi connectivity index (χ3n) is 2.17. The second-order valence-corrected chi connectivity index (χ2v) is 3.28. The minimum atomic E-state index is -0.996. The Morgan fingerprint density at radius 2 is 1.75 bits per heavy atom. The molecular weight excluding hydrogens is 206 g/mol. The van der Waals surface area contributed by atoms with Crippen molar-refractivity contribution in [3.63, 3.8) is 0 Å². The molecule has 0 unspecified atom stereocenters. The van der Waals surface area contributed by atoms with Crippen molar-refractivity contribution in [2.75, 3.05) is 0 Å². The Labute approximate surface area is 91.8 Å². The molecule has 16 heavy (non-hydrogen) atoms. The predicted molar refractivity (Wildman–Crippen MR) is 58.3 cm³/mol. The highest BCUT2D eigenvalue weighted by molar-refractivity contribution is 5.87. The van der Waals surface area contributed by atoms with Gasteiger partial charge in [-0.15, -0.1) is 0 Å². The van der Waals surface area contributed by atoms with Crippen LogP contribution >= 0.6 is 0 Å². The first-order valence-corrected chi connectivity index (χ1v) is 4.65. The molecule has 2 rings (SSSR count). The fourth-order valence-corrected chi connectivity index (χ4v) is 1.32. The smallest absolute Gasteiger partial charge is 0.337 e. The van der Waals surface area contributed by atoms with Crippen LogP contribution in [0.1, 0.15) is 10.4 Å². The summed E-state index contributed by atoms with van der Waals surface area (Å²) in [5.41, 5.74) is 1.65. The van der Waals surface area contributed by atoms with E-state index in [1.54, 1.807) is 30.3 Å². The Hall–Kier alpha value is -2.36. The number of aromatic nitrogens is 1. The van der Waals surface area contributed by atoms with Gasteiger partial charge in [-0.1, -0.05) is 0 Å². The largest absolute Gasteiger partial charge is 0.508 e. The van der Waals surface area contributed by atoms with Crippen molar-refractivity contribution < 1.29 is 15.0 Å². The van der Waals surface area contributed by atoms with Crippen LogP contribution in [-0.2, 0) is 0 Å². The van der Waals surface area contributed by atoms with Crippen molar-refractivity contribution in [2.24, 2.45) is 0 Å². The van der Waals surface area contributed by atoms with Gasteiger partial charge < -0.3 is 10.2 Å². The van der Waals surface area contributed by atoms with Crippen LogP contribution in [0.25, 0.3) is 11.3 Å². The van der Waals surface area contributed by atoms with Crippen molar-refractivity contribution in [2.45, 2.75) is 0 Å². The molecule has 1 aromatic carbocycles. The highest BCUT2D eigenvalue weighted by atomic mass is 16.4. The number of hydrogen-bond acceptors (Lipinski definition) is 3. The number of rotatable bonds is 2. The molecule has 0 atom stereocenters. The van der Waals surface area contributed by atoms with Crippen molar-refractivity contribution in [1.82, 2.24) is 4.98 Å². The second-order valence-electron chi connectivity index (χ2n) is 3.28. The normalized spacial score (nSPS) is 10.0. The molecule has 0 spiro atoms. The van der Waals surface area contributed by atoms with Crippen molar-refractivity contribution in [3.05, 3.63) is 48.2 Å². The third kappa shape index (κ3) is 2.00. The molecule has 1 aromatic heterocycles. The summed E-state index contributed by atoms with van der Waals surface area (Å²) in [5, 5.41) is 17.8. The summed E-state index contributed by atoms with van der Waals surface area (Å²) in [6, 6.07) is 9.69. The van der Waals surface area contributed by atoms with Gasteiger partial charge in [-0.05, 0) is 36.4 Å². The number of nitrogens with zero attached hydrogens (tertiary/aromatic N) is 1. The number of phenolic OH excluding ortho intramolecular Hbond substituents is 1. The van der Waals surface area contributed by atoms with Crippen LogP contribution in [0.4, 0.5) is 0 Å². The summed E-state index contributed by atoms with van der Waals surface area (Å²) in [4.78, 5) is 14.7. The van der Waals surface area contributed by atoms with Crippen LogP contribution in [0.3, 0.4) is 0 Å². The topological polar surface area (TPSA) is 70.4 Å². The lowest BCUT2D eigenvalue weighted by molar-refractivity contribution is 0.0696. The Morgan fingerprint density at radius 3 is 2.25 bits per heavy atom. The van der Waals surface area contributed by atoms with Gasteiger partial charge >= 0.3 is 5.97 Å². The Kier molecular flexibility index (Phi) is 2.55. The molecule has 0 saturated heterocycles. The Morgan fingerprint density at radius 1 is 1.06 bits per heavy atom. The van der Waals surface area contributed by atoms with Gasteiger partial charge in [0.2, 0.25) is 0 Å². The molecule has 0 aliphatic carbocycles. The molecule has 0 radical (unpaired) electrons. The zero-order chi connectivity index (χ0) is 11.5. The minimum Gasteiger partial charge on any atom is -0.508 e. The number of aromatic carboxylic acids is 1. The fraction of sp³-hybridized carbons (Fsp3) is 0. The van der Waals surface area contributed by atoms with Crippen molar-refractivity contribution >= 4 is 5.97 Å². The number of phenols is 1. The number of hydrogen-bond donors (Lipinski definition) is 2. The number of carbonyl (C=O) groups is 1. The Balaban J connectivity index is 2.34. The second kappa shape index (κ2) is 4.02. The van der Waals surface area contributed by atoms with Gasteiger partial charge in [-0.25, -0.2) is 4.79 Å². The molecule has 0 aliphatic rings. The van der Waals surface area contributed by atoms with Crippen LogP contribution in [0.15, 0.2) is 42.6 Å². The number of carboxylic acid groups (broad SMARTS) is 1. The molecule has 0 bridgehead atoms. The lowest BCUT2D eigenvalue weighted by Gasteiger charge is -2.01. The zero-order valence-corrected chi connectivity index (χ0v) is 8.29. The van der Waals surface area contributed by atoms with E-state index in [9.17, 15) is 4.79 Å². The lowest BCUT2D eigenvalue weighted by Crippen LogP contribution is -1.96. The van der Waals surface area contributed by atoms with E-state index in [4.69, 9.17) is 10.2 Å². The van der Waals surface area contributed by atoms with E-state index in [2.05, 4.69) is 4.98 Å². The molecule has 2 aromatic rings. The summed E-state index contributed by atoms with van der Waals surface area (Å²) < 4.78 is 0. The van der Waals surface area contributed by atoms with E-state index >= 15 is 0 Å². The average molecular weight is 215 g/mol. The minimum absolute atomic E-state index is 0.155. The van der Waals surface area contributed by atoms with Crippen molar-refractivity contribution in [1.29, 1.82) is 0 Å². The monoisotopic (exact) mass is 215 g/mol. The summed E-state index contributed by atoms with van der Waals surface area (Å²) >= 11 is 0. The summed E-state index contributed by atoms with van der Waals surface area (Å²) in [7, 11) is 0. The molecule has 0 aliphatic heterocycles. The maximum absolute atomic E-state index is 10.6. The van der Waals surface area contributed by atoms with E-state index in [1.165, 1.54) is 12.3 Å². The van der Waals surface area contributed by atoms with E-state index < -0.39 is 5.97 Å². The molecular formula is C12H9NO3. The van der Waals surface area contributed by atoms with Gasteiger partial charge in [0.15, 0.2) is 0 Å². The standard InChI is InChI=1S/C12H9NO3/c14-10-4-1-8(2-5-10)11-6-3-9(7-13-11)12(15)16/h1-7,14H,(H,15,16). The van der Waals surface area contributed by atoms with Gasteiger partial charge in [0, 0.05) is 11.8 Å². The van der Waals surface area contributed by atoms with Gasteiger partial charge in [-0.2, -0.15) is 0 Å². The van der Waals surface area contributed by atoms with Gasteiger partial charge in [0.05, 0.1) is 11.3 Å². The quantitative estimate of drug-likeness (QED) is 0.805. The number of carboxylic acids is 1. The number of pyridine rings is 1. The molecule has 0 fully saturated rings. The maximum Gasteiger partial charge on any atom is 0.337 e. The first kappa shape index (κ1) is 10.2. The number of aromatic hydroxyl groups is 1. The van der Waals surface area contributed by atoms with Crippen LogP contribution in [0.5, 0.6) is 5.75 Å². The van der Waals surface area contributed by atoms with E-state index in [0.717, 1.165) is 5.56 Å². The molecule has 4 heteroatoms. The maximum atomic E-state index is 10.6. The lowest BCUT2D eigenvalue weighted by atomic mass is 10.1. The van der Waals surface area contributed by atoms with Gasteiger partial charge in [0.25, 0.3) is 0 Å². The van der Waals surface area contributed by atoms with E-state index in [-0.39, 0.29) is 11.3 Å². The van der Waals surface area contributed by atoms with Crippen LogP contribution in [0.2, 0.25) is 0 Å². The molecule has 4 nitrogen and oxygen atoms in total. The molecule has 80 valence electrons. The molecule has 0 amide bonds. The first-order valence-electron chi connectivity index (χ1n) is 4.65. The van der Waals surface area contributed by atoms with Crippen LogP contribution < -0.4 is 0 Å². The third-order valence-corrected chi connectivity index (χ3v) is 2.17. The highest BCUT2D eigenvalue weighted by Crippen LogP contribution is 2.19. The van der Waals surface area contributed by atoms with Crippen molar-refractivity contribution in [3.8, 4) is 17.0 Å². The fourth-order valence-electron chi connectivity index (χ4n) is 1.32. The summed E-state index contributed by atoms with van der Waals surface area (Å²) in [5.74, 6) is -0.810. The molecule has 2 N–H and O–H groups in total. The summed E-state index contributed by atoms with van der Waals surface area (Å²) in [6.07, 6.45) is 1.31. The molecule has 0 saturated carbocycles. The average Bonchev–Trinajstić information content (AvgIpc) is 2.30. The van der Waals surface area contributed by atoms with E-state index in [0.29, 0.717) is 5.69 Å². The Bertz CT molecular complexity index is 503. The van der Waals surface area contributed by atoms with Gasteiger partial charge in [0.1, 0.15) is 5.75 Å². The predicted octanol–water partition coefficient (Wildman–Crippen LogP) is 2.15. The highest BCUT2D eigenvalue weighted by Gasteiger charge is 2.04. The van der Waals surface area contributed by atoms with E-state index in [1.807, 2.05) is 0 Å². The zero-order valence-electron chi connectivity index (χ0n) is 8.29. The van der Waals surface area contributed by atoms with Crippen LogP contribution in [0, 0.1) is 0 Å². The van der Waals surface area contributed by atoms with Gasteiger partial charge in [-0.3, -0.25) is 4.98 Å².